The van der Waals surface area contributed by atoms with Gasteiger partial charge in [0.1, 0.15) is 23.0 Å². The SMILES string of the molecule is CCC(=O)CC(NC(=O)OC(C)(C)C)C(=O)OC(C)(C)C. The highest BCUT2D eigenvalue weighted by molar-refractivity contribution is 5.89. The molecule has 1 amide bonds. The lowest BCUT2D eigenvalue weighted by Crippen LogP contribution is -2.47. The zero-order valence-electron chi connectivity index (χ0n) is 14.0. The third-order valence-electron chi connectivity index (χ3n) is 2.21. The van der Waals surface area contributed by atoms with Crippen LogP contribution in [0.2, 0.25) is 0 Å². The van der Waals surface area contributed by atoms with Gasteiger partial charge in [0.25, 0.3) is 0 Å². The molecule has 0 aliphatic rings. The minimum absolute atomic E-state index is 0.106. The van der Waals surface area contributed by atoms with Gasteiger partial charge >= 0.3 is 12.1 Å². The molecule has 1 unspecified atom stereocenters. The number of carbonyl (C=O) groups excluding carboxylic acids is 3. The molecular weight excluding hydrogens is 274 g/mol. The van der Waals surface area contributed by atoms with Crippen LogP contribution in [0.15, 0.2) is 0 Å². The quantitative estimate of drug-likeness (QED) is 0.789. The van der Waals surface area contributed by atoms with Crippen molar-refractivity contribution < 1.29 is 23.9 Å². The number of ketones is 1. The number of amides is 1. The summed E-state index contributed by atoms with van der Waals surface area (Å²) in [7, 11) is 0. The van der Waals surface area contributed by atoms with Crippen molar-refractivity contribution in [1.29, 1.82) is 0 Å². The summed E-state index contributed by atoms with van der Waals surface area (Å²) in [5, 5.41) is 2.40. The van der Waals surface area contributed by atoms with E-state index in [-0.39, 0.29) is 18.6 Å². The largest absolute Gasteiger partial charge is 0.458 e. The third-order valence-corrected chi connectivity index (χ3v) is 2.21. The fraction of sp³-hybridized carbons (Fsp3) is 0.800. The van der Waals surface area contributed by atoms with Crippen LogP contribution in [-0.2, 0) is 19.1 Å². The zero-order valence-corrected chi connectivity index (χ0v) is 14.0. The van der Waals surface area contributed by atoms with Gasteiger partial charge in [0.2, 0.25) is 0 Å². The first kappa shape index (κ1) is 19.4. The molecule has 0 aliphatic heterocycles. The summed E-state index contributed by atoms with van der Waals surface area (Å²) in [5.74, 6) is -0.780. The maximum Gasteiger partial charge on any atom is 0.408 e. The van der Waals surface area contributed by atoms with Crippen molar-refractivity contribution in [2.24, 2.45) is 0 Å². The van der Waals surface area contributed by atoms with Crippen LogP contribution in [0.25, 0.3) is 0 Å². The molecule has 0 saturated carbocycles. The molecule has 0 fully saturated rings. The molecule has 0 aromatic heterocycles. The van der Waals surface area contributed by atoms with Crippen LogP contribution in [0.3, 0.4) is 0 Å². The van der Waals surface area contributed by atoms with E-state index in [2.05, 4.69) is 5.32 Å². The molecule has 122 valence electrons. The first-order chi connectivity index (χ1) is 9.34. The number of rotatable bonds is 5. The third kappa shape index (κ3) is 9.87. The number of carbonyl (C=O) groups is 3. The van der Waals surface area contributed by atoms with Gasteiger partial charge in [0.15, 0.2) is 0 Å². The van der Waals surface area contributed by atoms with E-state index in [1.807, 2.05) is 0 Å². The number of hydrogen-bond donors (Lipinski definition) is 1. The van der Waals surface area contributed by atoms with Crippen LogP contribution in [0.5, 0.6) is 0 Å². The molecule has 0 aliphatic carbocycles. The first-order valence-corrected chi connectivity index (χ1v) is 7.08. The summed E-state index contributed by atoms with van der Waals surface area (Å²) in [6.45, 7) is 12.0. The minimum atomic E-state index is -1.04. The summed E-state index contributed by atoms with van der Waals surface area (Å²) in [5.41, 5.74) is -1.38. The first-order valence-electron chi connectivity index (χ1n) is 7.08. The summed E-state index contributed by atoms with van der Waals surface area (Å²) < 4.78 is 10.3. The molecule has 21 heavy (non-hydrogen) atoms. The standard InChI is InChI=1S/C15H27NO5/c1-8-10(17)9-11(12(18)20-14(2,3)4)16-13(19)21-15(5,6)7/h11H,8-9H2,1-7H3,(H,16,19). The maximum absolute atomic E-state index is 12.1. The molecule has 0 aromatic rings. The Balaban J connectivity index is 4.86. The topological polar surface area (TPSA) is 81.7 Å². The maximum atomic E-state index is 12.1. The summed E-state index contributed by atoms with van der Waals surface area (Å²) >= 11 is 0. The Morgan fingerprint density at radius 3 is 1.81 bits per heavy atom. The molecule has 1 atom stereocenters. The molecule has 6 heteroatoms. The van der Waals surface area contributed by atoms with Crippen LogP contribution < -0.4 is 5.32 Å². The number of alkyl carbamates (subject to hydrolysis) is 1. The van der Waals surface area contributed by atoms with Gasteiger partial charge in [0, 0.05) is 12.8 Å². The van der Waals surface area contributed by atoms with E-state index in [0.717, 1.165) is 0 Å². The van der Waals surface area contributed by atoms with E-state index in [9.17, 15) is 14.4 Å². The molecule has 0 saturated heterocycles. The van der Waals surface area contributed by atoms with E-state index < -0.39 is 29.3 Å². The molecule has 6 nitrogen and oxygen atoms in total. The minimum Gasteiger partial charge on any atom is -0.458 e. The van der Waals surface area contributed by atoms with E-state index in [1.165, 1.54) is 0 Å². The monoisotopic (exact) mass is 301 g/mol. The van der Waals surface area contributed by atoms with E-state index in [4.69, 9.17) is 9.47 Å². The Labute approximate surface area is 126 Å². The van der Waals surface area contributed by atoms with E-state index >= 15 is 0 Å². The Hall–Kier alpha value is -1.59. The van der Waals surface area contributed by atoms with Crippen molar-refractivity contribution in [2.75, 3.05) is 0 Å². The molecule has 0 aromatic carbocycles. The van der Waals surface area contributed by atoms with Crippen molar-refractivity contribution in [3.63, 3.8) is 0 Å². The van der Waals surface area contributed by atoms with Crippen LogP contribution in [0.1, 0.15) is 61.3 Å². The van der Waals surface area contributed by atoms with Gasteiger partial charge in [-0.05, 0) is 41.5 Å². The van der Waals surface area contributed by atoms with Gasteiger partial charge in [-0.1, -0.05) is 6.92 Å². The highest BCUT2D eigenvalue weighted by Gasteiger charge is 2.29. The van der Waals surface area contributed by atoms with Gasteiger partial charge in [-0.3, -0.25) is 4.79 Å². The average molecular weight is 301 g/mol. The fourth-order valence-corrected chi connectivity index (χ4v) is 1.39. The second kappa shape index (κ2) is 7.43. The molecule has 0 radical (unpaired) electrons. The predicted octanol–water partition coefficient (Wildman–Crippen LogP) is 2.59. The molecule has 1 N–H and O–H groups in total. The number of hydrogen-bond acceptors (Lipinski definition) is 5. The Kier molecular flexibility index (Phi) is 6.86. The molecule has 0 bridgehead atoms. The highest BCUT2D eigenvalue weighted by Crippen LogP contribution is 2.12. The van der Waals surface area contributed by atoms with Crippen molar-refractivity contribution >= 4 is 17.8 Å². The van der Waals surface area contributed by atoms with Gasteiger partial charge in [-0.2, -0.15) is 0 Å². The Morgan fingerprint density at radius 1 is 0.952 bits per heavy atom. The Bertz CT molecular complexity index is 390. The lowest BCUT2D eigenvalue weighted by molar-refractivity contribution is -0.158. The van der Waals surface area contributed by atoms with Crippen molar-refractivity contribution in [3.05, 3.63) is 0 Å². The van der Waals surface area contributed by atoms with Crippen LogP contribution in [0, 0.1) is 0 Å². The summed E-state index contributed by atoms with van der Waals surface area (Å²) in [6, 6.07) is -1.04. The normalized spacial score (nSPS) is 13.3. The molecule has 0 heterocycles. The highest BCUT2D eigenvalue weighted by atomic mass is 16.6. The fourth-order valence-electron chi connectivity index (χ4n) is 1.39. The van der Waals surface area contributed by atoms with Gasteiger partial charge < -0.3 is 14.8 Å². The van der Waals surface area contributed by atoms with Crippen molar-refractivity contribution in [3.8, 4) is 0 Å². The van der Waals surface area contributed by atoms with E-state index in [1.54, 1.807) is 48.5 Å². The summed E-state index contributed by atoms with van der Waals surface area (Å²) in [6.07, 6.45) is -0.567. The average Bonchev–Trinajstić information content (AvgIpc) is 2.22. The number of esters is 1. The Morgan fingerprint density at radius 2 is 1.43 bits per heavy atom. The van der Waals surface area contributed by atoms with Crippen molar-refractivity contribution in [1.82, 2.24) is 5.32 Å². The predicted molar refractivity (Wildman–Crippen MR) is 78.9 cm³/mol. The smallest absolute Gasteiger partial charge is 0.408 e. The van der Waals surface area contributed by atoms with Gasteiger partial charge in [-0.25, -0.2) is 9.59 Å². The number of Topliss-reactive ketones (excluding diaryl/α,β-unsaturated/α-hetero) is 1. The van der Waals surface area contributed by atoms with Crippen LogP contribution >= 0.6 is 0 Å². The van der Waals surface area contributed by atoms with Gasteiger partial charge in [0.05, 0.1) is 0 Å². The van der Waals surface area contributed by atoms with Gasteiger partial charge in [-0.15, -0.1) is 0 Å². The number of ether oxygens (including phenoxy) is 2. The number of nitrogens with one attached hydrogen (secondary N) is 1. The second-order valence-electron chi connectivity index (χ2n) is 6.83. The lowest BCUT2D eigenvalue weighted by atomic mass is 10.1. The van der Waals surface area contributed by atoms with E-state index in [0.29, 0.717) is 0 Å². The molecular formula is C15H27NO5. The molecule has 0 rings (SSSR count). The summed E-state index contributed by atoms with van der Waals surface area (Å²) in [4.78, 5) is 35.4. The van der Waals surface area contributed by atoms with Crippen LogP contribution in [-0.4, -0.2) is 35.1 Å². The zero-order chi connectivity index (χ0) is 16.8. The molecule has 0 spiro atoms. The van der Waals surface area contributed by atoms with Crippen LogP contribution in [0.4, 0.5) is 4.79 Å². The van der Waals surface area contributed by atoms with Crippen molar-refractivity contribution in [2.45, 2.75) is 78.6 Å². The lowest BCUT2D eigenvalue weighted by Gasteiger charge is -2.26. The second-order valence-corrected chi connectivity index (χ2v) is 6.83.